The van der Waals surface area contributed by atoms with Crippen LogP contribution in [0.25, 0.3) is 0 Å². The summed E-state index contributed by atoms with van der Waals surface area (Å²) in [7, 11) is 0. The van der Waals surface area contributed by atoms with Gasteiger partial charge in [0.2, 0.25) is 5.91 Å². The van der Waals surface area contributed by atoms with E-state index in [0.717, 1.165) is 24.0 Å². The molecule has 0 heterocycles. The largest absolute Gasteiger partial charge is 0.483 e. The molecule has 1 N–H and O–H groups in total. The van der Waals surface area contributed by atoms with Crippen molar-refractivity contribution in [3.63, 3.8) is 0 Å². The van der Waals surface area contributed by atoms with E-state index in [0.29, 0.717) is 22.3 Å². The van der Waals surface area contributed by atoms with E-state index in [9.17, 15) is 9.59 Å². The van der Waals surface area contributed by atoms with E-state index in [1.165, 1.54) is 4.90 Å². The van der Waals surface area contributed by atoms with Crippen molar-refractivity contribution in [2.24, 2.45) is 0 Å². The number of carbonyl (C=O) groups is 2. The van der Waals surface area contributed by atoms with Crippen molar-refractivity contribution in [1.29, 1.82) is 0 Å². The summed E-state index contributed by atoms with van der Waals surface area (Å²) in [4.78, 5) is 27.4. The minimum atomic E-state index is -0.669. The molecule has 0 aliphatic rings. The molecule has 0 unspecified atom stereocenters. The zero-order chi connectivity index (χ0) is 23.7. The van der Waals surface area contributed by atoms with Gasteiger partial charge in [-0.15, -0.1) is 0 Å². The Morgan fingerprint density at radius 1 is 1.06 bits per heavy atom. The number of nitrogens with one attached hydrogen (secondary N) is 1. The van der Waals surface area contributed by atoms with Gasteiger partial charge in [0, 0.05) is 13.1 Å². The number of nitrogens with zero attached hydrogens (tertiary/aromatic N) is 1. The van der Waals surface area contributed by atoms with Crippen molar-refractivity contribution in [2.75, 3.05) is 13.2 Å². The Labute approximate surface area is 201 Å². The summed E-state index contributed by atoms with van der Waals surface area (Å²) in [5.41, 5.74) is 1.81. The molecule has 0 aromatic heterocycles. The number of para-hydroxylation sites is 1. The highest BCUT2D eigenvalue weighted by Gasteiger charge is 2.26. The van der Waals surface area contributed by atoms with E-state index < -0.39 is 6.04 Å². The predicted octanol–water partition coefficient (Wildman–Crippen LogP) is 5.83. The Morgan fingerprint density at radius 2 is 1.78 bits per heavy atom. The molecule has 0 spiro atoms. The van der Waals surface area contributed by atoms with Gasteiger partial charge in [0.1, 0.15) is 11.8 Å². The van der Waals surface area contributed by atoms with Crippen molar-refractivity contribution in [3.8, 4) is 5.75 Å². The first-order valence-corrected chi connectivity index (χ1v) is 11.7. The Kier molecular flexibility index (Phi) is 10.3. The molecule has 0 fully saturated rings. The lowest BCUT2D eigenvalue weighted by Gasteiger charge is -2.29. The maximum atomic E-state index is 13.2. The lowest BCUT2D eigenvalue weighted by atomic mass is 10.0. The van der Waals surface area contributed by atoms with Crippen molar-refractivity contribution in [3.05, 3.63) is 63.6 Å². The summed E-state index contributed by atoms with van der Waals surface area (Å²) in [5, 5.41) is 3.74. The number of benzene rings is 2. The van der Waals surface area contributed by atoms with Crippen LogP contribution in [-0.4, -0.2) is 35.9 Å². The minimum Gasteiger partial charge on any atom is -0.483 e. The summed E-state index contributed by atoms with van der Waals surface area (Å²) < 4.78 is 5.88. The fourth-order valence-corrected chi connectivity index (χ4v) is 3.59. The second-order valence-corrected chi connectivity index (χ2v) is 8.89. The van der Waals surface area contributed by atoms with Crippen LogP contribution in [-0.2, 0) is 16.1 Å². The van der Waals surface area contributed by atoms with Gasteiger partial charge < -0.3 is 15.0 Å². The zero-order valence-electron chi connectivity index (χ0n) is 19.2. The molecule has 5 nitrogen and oxygen atoms in total. The van der Waals surface area contributed by atoms with Crippen LogP contribution < -0.4 is 10.1 Å². The molecule has 0 saturated carbocycles. The number of rotatable bonds is 11. The van der Waals surface area contributed by atoms with Crippen LogP contribution in [0.5, 0.6) is 5.75 Å². The third-order valence-corrected chi connectivity index (χ3v) is 5.96. The first kappa shape index (κ1) is 26.0. The van der Waals surface area contributed by atoms with Gasteiger partial charge in [-0.2, -0.15) is 0 Å². The molecule has 0 bridgehead atoms. The predicted molar refractivity (Wildman–Crippen MR) is 130 cm³/mol. The standard InChI is InChI=1S/C25H32Cl2N2O3/c1-5-6-13-28-25(31)18(4)29(15-19-11-12-21(26)22(27)14-19)24(30)16-32-23-10-8-7-9-20(23)17(2)3/h7-12,14,17-18H,5-6,13,15-16H2,1-4H3,(H,28,31)/t18-/m0/s1. The minimum absolute atomic E-state index is 0.169. The van der Waals surface area contributed by atoms with Gasteiger partial charge >= 0.3 is 0 Å². The summed E-state index contributed by atoms with van der Waals surface area (Å²) in [6.07, 6.45) is 1.86. The number of hydrogen-bond donors (Lipinski definition) is 1. The molecule has 0 aliphatic heterocycles. The number of halogens is 2. The third kappa shape index (κ3) is 7.42. The molecular formula is C25H32Cl2N2O3. The average Bonchev–Trinajstić information content (AvgIpc) is 2.77. The number of hydrogen-bond acceptors (Lipinski definition) is 3. The summed E-state index contributed by atoms with van der Waals surface area (Å²) in [6, 6.07) is 12.2. The number of carbonyl (C=O) groups excluding carboxylic acids is 2. The van der Waals surface area contributed by atoms with Crippen molar-refractivity contribution in [2.45, 2.75) is 59.0 Å². The lowest BCUT2D eigenvalue weighted by Crippen LogP contribution is -2.49. The maximum Gasteiger partial charge on any atom is 0.261 e. The molecule has 0 aliphatic carbocycles. The second-order valence-electron chi connectivity index (χ2n) is 8.07. The van der Waals surface area contributed by atoms with Crippen LogP contribution in [0.3, 0.4) is 0 Å². The van der Waals surface area contributed by atoms with Gasteiger partial charge in [0.25, 0.3) is 5.91 Å². The van der Waals surface area contributed by atoms with Gasteiger partial charge in [-0.25, -0.2) is 0 Å². The first-order valence-electron chi connectivity index (χ1n) is 11.0. The van der Waals surface area contributed by atoms with Gasteiger partial charge in [-0.05, 0) is 48.6 Å². The zero-order valence-corrected chi connectivity index (χ0v) is 20.7. The molecule has 2 aromatic rings. The van der Waals surface area contributed by atoms with Crippen LogP contribution in [0, 0.1) is 0 Å². The molecule has 1 atom stereocenters. The molecule has 2 rings (SSSR count). The molecule has 0 saturated heterocycles. The van der Waals surface area contributed by atoms with Gasteiger partial charge in [-0.1, -0.05) is 74.7 Å². The monoisotopic (exact) mass is 478 g/mol. The Hall–Kier alpha value is -2.24. The van der Waals surface area contributed by atoms with E-state index >= 15 is 0 Å². The fraction of sp³-hybridized carbons (Fsp3) is 0.440. The topological polar surface area (TPSA) is 58.6 Å². The second kappa shape index (κ2) is 12.7. The molecule has 174 valence electrons. The first-order chi connectivity index (χ1) is 15.2. The molecular weight excluding hydrogens is 447 g/mol. The van der Waals surface area contributed by atoms with Crippen LogP contribution >= 0.6 is 23.2 Å². The van der Waals surface area contributed by atoms with E-state index in [4.69, 9.17) is 27.9 Å². The smallest absolute Gasteiger partial charge is 0.261 e. The highest BCUT2D eigenvalue weighted by molar-refractivity contribution is 6.42. The normalized spacial score (nSPS) is 11.8. The number of ether oxygens (including phenoxy) is 1. The Balaban J connectivity index is 2.19. The SMILES string of the molecule is CCCCNC(=O)[C@H](C)N(Cc1ccc(Cl)c(Cl)c1)C(=O)COc1ccccc1C(C)C. The van der Waals surface area contributed by atoms with Crippen molar-refractivity contribution < 1.29 is 14.3 Å². The van der Waals surface area contributed by atoms with Gasteiger partial charge in [0.15, 0.2) is 6.61 Å². The number of amides is 2. The van der Waals surface area contributed by atoms with E-state index in [-0.39, 0.29) is 30.9 Å². The van der Waals surface area contributed by atoms with Crippen LogP contribution in [0.2, 0.25) is 10.0 Å². The quantitative estimate of drug-likeness (QED) is 0.413. The highest BCUT2D eigenvalue weighted by atomic mass is 35.5. The summed E-state index contributed by atoms with van der Waals surface area (Å²) in [5.74, 6) is 0.449. The fourth-order valence-electron chi connectivity index (χ4n) is 3.26. The molecule has 7 heteroatoms. The van der Waals surface area contributed by atoms with E-state index in [1.807, 2.05) is 24.3 Å². The summed E-state index contributed by atoms with van der Waals surface area (Å²) >= 11 is 12.2. The molecule has 2 aromatic carbocycles. The maximum absolute atomic E-state index is 13.2. The third-order valence-electron chi connectivity index (χ3n) is 5.23. The van der Waals surface area contributed by atoms with E-state index in [2.05, 4.69) is 26.1 Å². The lowest BCUT2D eigenvalue weighted by molar-refractivity contribution is -0.142. The molecule has 32 heavy (non-hydrogen) atoms. The van der Waals surface area contributed by atoms with Crippen LogP contribution in [0.4, 0.5) is 0 Å². The van der Waals surface area contributed by atoms with Crippen molar-refractivity contribution >= 4 is 35.0 Å². The number of unbranched alkanes of at least 4 members (excludes halogenated alkanes) is 1. The van der Waals surface area contributed by atoms with E-state index in [1.54, 1.807) is 25.1 Å². The van der Waals surface area contributed by atoms with Crippen LogP contribution in [0.15, 0.2) is 42.5 Å². The molecule has 2 amide bonds. The Bertz CT molecular complexity index is 918. The summed E-state index contributed by atoms with van der Waals surface area (Å²) in [6.45, 7) is 8.55. The van der Waals surface area contributed by atoms with Crippen molar-refractivity contribution in [1.82, 2.24) is 10.2 Å². The average molecular weight is 479 g/mol. The Morgan fingerprint density at radius 3 is 2.44 bits per heavy atom. The molecule has 0 radical (unpaired) electrons. The van der Waals surface area contributed by atoms with Gasteiger partial charge in [-0.3, -0.25) is 9.59 Å². The van der Waals surface area contributed by atoms with Gasteiger partial charge in [0.05, 0.1) is 10.0 Å². The highest BCUT2D eigenvalue weighted by Crippen LogP contribution is 2.26. The van der Waals surface area contributed by atoms with Crippen LogP contribution in [0.1, 0.15) is 57.6 Å².